The highest BCUT2D eigenvalue weighted by atomic mass is 32.2. The fourth-order valence-electron chi connectivity index (χ4n) is 2.11. The first-order valence-corrected chi connectivity index (χ1v) is 8.92. The lowest BCUT2D eigenvalue weighted by Crippen LogP contribution is -2.29. The Morgan fingerprint density at radius 3 is 2.46 bits per heavy atom. The number of hydrogen-bond donors (Lipinski definition) is 2. The van der Waals surface area contributed by atoms with Gasteiger partial charge in [0, 0.05) is 25.2 Å². The van der Waals surface area contributed by atoms with Gasteiger partial charge in [-0.15, -0.1) is 0 Å². The standard InChI is InChI=1S/C16H16N4O5S/c1-25-14-3-5-15(6-4-14)26(23,24)19-9-8-18-16-7-2-13(20(21)22)10-12(16)11-17/h2-7,10,18-19H,8-9H2,1H3. The first-order valence-electron chi connectivity index (χ1n) is 7.43. The van der Waals surface area contributed by atoms with Crippen LogP contribution in [0, 0.1) is 21.4 Å². The number of nitriles is 1. The molecule has 0 radical (unpaired) electrons. The van der Waals surface area contributed by atoms with Crippen molar-refractivity contribution in [3.63, 3.8) is 0 Å². The van der Waals surface area contributed by atoms with Crippen molar-refractivity contribution in [1.29, 1.82) is 5.26 Å². The van der Waals surface area contributed by atoms with Gasteiger partial charge in [-0.25, -0.2) is 13.1 Å². The van der Waals surface area contributed by atoms with Crippen LogP contribution in [-0.4, -0.2) is 33.5 Å². The summed E-state index contributed by atoms with van der Waals surface area (Å²) >= 11 is 0. The number of nitro benzene ring substituents is 1. The second-order valence-corrected chi connectivity index (χ2v) is 6.87. The van der Waals surface area contributed by atoms with E-state index in [-0.39, 0.29) is 29.2 Å². The van der Waals surface area contributed by atoms with Gasteiger partial charge in [-0.05, 0) is 30.3 Å². The highest BCUT2D eigenvalue weighted by Crippen LogP contribution is 2.21. The Balaban J connectivity index is 1.95. The summed E-state index contributed by atoms with van der Waals surface area (Å²) in [6.45, 7) is 0.262. The van der Waals surface area contributed by atoms with Crippen LogP contribution in [0.5, 0.6) is 5.75 Å². The lowest BCUT2D eigenvalue weighted by Gasteiger charge is -2.10. The summed E-state index contributed by atoms with van der Waals surface area (Å²) in [5.41, 5.74) is 0.311. The van der Waals surface area contributed by atoms with E-state index in [1.54, 1.807) is 12.1 Å². The number of rotatable bonds is 8. The Kier molecular flexibility index (Phi) is 6.11. The zero-order chi connectivity index (χ0) is 19.2. The van der Waals surface area contributed by atoms with Gasteiger partial charge in [-0.1, -0.05) is 0 Å². The highest BCUT2D eigenvalue weighted by Gasteiger charge is 2.14. The van der Waals surface area contributed by atoms with Crippen LogP contribution < -0.4 is 14.8 Å². The van der Waals surface area contributed by atoms with Gasteiger partial charge < -0.3 is 10.1 Å². The quantitative estimate of drug-likeness (QED) is 0.408. The van der Waals surface area contributed by atoms with E-state index < -0.39 is 14.9 Å². The Morgan fingerprint density at radius 1 is 1.19 bits per heavy atom. The molecule has 0 aliphatic carbocycles. The molecule has 26 heavy (non-hydrogen) atoms. The molecule has 0 bridgehead atoms. The summed E-state index contributed by atoms with van der Waals surface area (Å²) in [6.07, 6.45) is 0. The lowest BCUT2D eigenvalue weighted by atomic mass is 10.1. The Morgan fingerprint density at radius 2 is 1.88 bits per heavy atom. The molecular formula is C16H16N4O5S. The van der Waals surface area contributed by atoms with Crippen molar-refractivity contribution in [1.82, 2.24) is 4.72 Å². The molecule has 0 unspecified atom stereocenters. The maximum absolute atomic E-state index is 12.2. The second-order valence-electron chi connectivity index (χ2n) is 5.10. The number of nitro groups is 1. The van der Waals surface area contributed by atoms with Gasteiger partial charge in [-0.2, -0.15) is 5.26 Å². The number of nitrogens with one attached hydrogen (secondary N) is 2. The second kappa shape index (κ2) is 8.28. The molecule has 0 saturated carbocycles. The van der Waals surface area contributed by atoms with Crippen LogP contribution in [0.4, 0.5) is 11.4 Å². The van der Waals surface area contributed by atoms with Crippen LogP contribution in [0.25, 0.3) is 0 Å². The number of non-ortho nitro benzene ring substituents is 1. The lowest BCUT2D eigenvalue weighted by molar-refractivity contribution is -0.384. The highest BCUT2D eigenvalue weighted by molar-refractivity contribution is 7.89. The molecule has 136 valence electrons. The predicted octanol–water partition coefficient (Wildman–Crippen LogP) is 1.87. The van der Waals surface area contributed by atoms with Gasteiger partial charge in [0.05, 0.1) is 28.2 Å². The van der Waals surface area contributed by atoms with E-state index in [4.69, 9.17) is 10.00 Å². The summed E-state index contributed by atoms with van der Waals surface area (Å²) in [5.74, 6) is 0.549. The molecule has 10 heteroatoms. The van der Waals surface area contributed by atoms with Crippen molar-refractivity contribution in [2.45, 2.75) is 4.90 Å². The summed E-state index contributed by atoms with van der Waals surface area (Å²) < 4.78 is 31.8. The minimum absolute atomic E-state index is 0.0657. The fourth-order valence-corrected chi connectivity index (χ4v) is 3.15. The third-order valence-electron chi connectivity index (χ3n) is 3.44. The average Bonchev–Trinajstić information content (AvgIpc) is 2.65. The van der Waals surface area contributed by atoms with Crippen molar-refractivity contribution >= 4 is 21.4 Å². The third-order valence-corrected chi connectivity index (χ3v) is 4.91. The largest absolute Gasteiger partial charge is 0.497 e. The van der Waals surface area contributed by atoms with Gasteiger partial charge >= 0.3 is 0 Å². The topological polar surface area (TPSA) is 134 Å². The van der Waals surface area contributed by atoms with E-state index in [9.17, 15) is 18.5 Å². The predicted molar refractivity (Wildman–Crippen MR) is 94.5 cm³/mol. The molecule has 0 aliphatic rings. The molecular weight excluding hydrogens is 360 g/mol. The number of methoxy groups -OCH3 is 1. The first-order chi connectivity index (χ1) is 12.4. The van der Waals surface area contributed by atoms with Crippen LogP contribution in [-0.2, 0) is 10.0 Å². The molecule has 0 heterocycles. The molecule has 0 fully saturated rings. The van der Waals surface area contributed by atoms with Gasteiger partial charge in [0.2, 0.25) is 10.0 Å². The molecule has 0 saturated heterocycles. The van der Waals surface area contributed by atoms with Crippen LogP contribution in [0.15, 0.2) is 47.4 Å². The minimum Gasteiger partial charge on any atom is -0.497 e. The van der Waals surface area contributed by atoms with Crippen LogP contribution in [0.3, 0.4) is 0 Å². The molecule has 0 atom stereocenters. The number of ether oxygens (including phenoxy) is 1. The monoisotopic (exact) mass is 376 g/mol. The molecule has 0 aliphatic heterocycles. The van der Waals surface area contributed by atoms with Crippen molar-refractivity contribution in [2.75, 3.05) is 25.5 Å². The van der Waals surface area contributed by atoms with E-state index in [1.807, 2.05) is 6.07 Å². The van der Waals surface area contributed by atoms with Crippen LogP contribution in [0.2, 0.25) is 0 Å². The van der Waals surface area contributed by atoms with Crippen molar-refractivity contribution in [2.24, 2.45) is 0 Å². The van der Waals surface area contributed by atoms with E-state index in [1.165, 1.54) is 31.4 Å². The maximum Gasteiger partial charge on any atom is 0.270 e. The number of hydrogen-bond acceptors (Lipinski definition) is 7. The number of benzene rings is 2. The molecule has 9 nitrogen and oxygen atoms in total. The first kappa shape index (κ1) is 19.2. The smallest absolute Gasteiger partial charge is 0.270 e. The van der Waals surface area contributed by atoms with Gasteiger partial charge in [0.1, 0.15) is 11.8 Å². The Bertz CT molecular complexity index is 936. The zero-order valence-corrected chi connectivity index (χ0v) is 14.6. The maximum atomic E-state index is 12.2. The van der Waals surface area contributed by atoms with Crippen molar-refractivity contribution in [3.05, 3.63) is 58.1 Å². The normalized spacial score (nSPS) is 10.8. The summed E-state index contributed by atoms with van der Waals surface area (Å²) in [7, 11) is -2.19. The molecule has 0 aromatic heterocycles. The van der Waals surface area contributed by atoms with E-state index in [0.717, 1.165) is 6.07 Å². The SMILES string of the molecule is COc1ccc(S(=O)(=O)NCCNc2ccc([N+](=O)[O-])cc2C#N)cc1. The summed E-state index contributed by atoms with van der Waals surface area (Å²) in [4.78, 5) is 10.2. The van der Waals surface area contributed by atoms with E-state index in [0.29, 0.717) is 11.4 Å². The van der Waals surface area contributed by atoms with Crippen LogP contribution >= 0.6 is 0 Å². The van der Waals surface area contributed by atoms with E-state index in [2.05, 4.69) is 10.0 Å². The molecule has 2 aromatic carbocycles. The summed E-state index contributed by atoms with van der Waals surface area (Å²) in [6, 6.07) is 11.7. The number of sulfonamides is 1. The minimum atomic E-state index is -3.67. The zero-order valence-electron chi connectivity index (χ0n) is 13.8. The van der Waals surface area contributed by atoms with Crippen molar-refractivity contribution < 1.29 is 18.1 Å². The molecule has 2 rings (SSSR count). The summed E-state index contributed by atoms with van der Waals surface area (Å²) in [5, 5.41) is 22.7. The average molecular weight is 376 g/mol. The van der Waals surface area contributed by atoms with Crippen molar-refractivity contribution in [3.8, 4) is 11.8 Å². The van der Waals surface area contributed by atoms with Gasteiger partial charge in [0.25, 0.3) is 5.69 Å². The Labute approximate surface area is 150 Å². The molecule has 0 spiro atoms. The number of anilines is 1. The number of nitrogens with zero attached hydrogens (tertiary/aromatic N) is 2. The fraction of sp³-hybridized carbons (Fsp3) is 0.188. The molecule has 2 N–H and O–H groups in total. The van der Waals surface area contributed by atoms with E-state index >= 15 is 0 Å². The Hall–Kier alpha value is -3.16. The van der Waals surface area contributed by atoms with Crippen LogP contribution in [0.1, 0.15) is 5.56 Å². The molecule has 0 amide bonds. The molecule has 2 aromatic rings. The third kappa shape index (κ3) is 4.69. The van der Waals surface area contributed by atoms with Gasteiger partial charge in [0.15, 0.2) is 0 Å². The van der Waals surface area contributed by atoms with Gasteiger partial charge in [-0.3, -0.25) is 10.1 Å².